The third-order valence-corrected chi connectivity index (χ3v) is 5.23. The first-order chi connectivity index (χ1) is 15.4. The summed E-state index contributed by atoms with van der Waals surface area (Å²) in [7, 11) is 0. The molecule has 162 valence electrons. The Morgan fingerprint density at radius 3 is 2.69 bits per heavy atom. The van der Waals surface area contributed by atoms with Gasteiger partial charge in [-0.05, 0) is 48.4 Å². The summed E-state index contributed by atoms with van der Waals surface area (Å²) in [6.07, 6.45) is 4.76. The standard InChI is InChI=1S/C24H21F2N5O/c1-15-2-7-18(20-9-8-19(25)11-21(20)26)10-23-29-22(12-24(32)31(23)30-15)28-14-17-5-3-16(13-27)4-6-17/h2-9,11-12,23,28-30H,10,14H2,1H3/b15-2-,18-7+. The van der Waals surface area contributed by atoms with E-state index in [4.69, 9.17) is 5.26 Å². The molecule has 3 N–H and O–H groups in total. The Kier molecular flexibility index (Phi) is 5.90. The molecule has 0 bridgehead atoms. The quantitative estimate of drug-likeness (QED) is 0.689. The number of hydrazine groups is 1. The number of halogens is 2. The summed E-state index contributed by atoms with van der Waals surface area (Å²) in [5.41, 5.74) is 6.20. The molecule has 2 aromatic rings. The largest absolute Gasteiger partial charge is 0.368 e. The van der Waals surface area contributed by atoms with E-state index in [9.17, 15) is 13.6 Å². The number of nitrogens with one attached hydrogen (secondary N) is 3. The zero-order chi connectivity index (χ0) is 22.7. The number of fused-ring (bicyclic) bond motifs is 1. The van der Waals surface area contributed by atoms with Gasteiger partial charge in [0.1, 0.15) is 23.6 Å². The summed E-state index contributed by atoms with van der Waals surface area (Å²) >= 11 is 0. The topological polar surface area (TPSA) is 80.2 Å². The maximum atomic E-state index is 14.4. The number of hydrogen-bond acceptors (Lipinski definition) is 5. The summed E-state index contributed by atoms with van der Waals surface area (Å²) in [5, 5.41) is 16.8. The van der Waals surface area contributed by atoms with Gasteiger partial charge in [-0.2, -0.15) is 5.26 Å². The number of amides is 1. The predicted molar refractivity (Wildman–Crippen MR) is 116 cm³/mol. The van der Waals surface area contributed by atoms with Crippen molar-refractivity contribution >= 4 is 11.5 Å². The van der Waals surface area contributed by atoms with Crippen molar-refractivity contribution in [1.29, 1.82) is 5.26 Å². The van der Waals surface area contributed by atoms with Crippen molar-refractivity contribution in [2.45, 2.75) is 26.1 Å². The van der Waals surface area contributed by atoms with Crippen LogP contribution in [-0.4, -0.2) is 17.1 Å². The van der Waals surface area contributed by atoms with E-state index < -0.39 is 17.8 Å². The zero-order valence-electron chi connectivity index (χ0n) is 17.3. The number of benzene rings is 2. The number of allylic oxidation sites excluding steroid dienone is 3. The van der Waals surface area contributed by atoms with Gasteiger partial charge in [0.05, 0.1) is 11.6 Å². The molecule has 4 rings (SSSR count). The highest BCUT2D eigenvalue weighted by Gasteiger charge is 2.30. The average molecular weight is 433 g/mol. The van der Waals surface area contributed by atoms with Crippen LogP contribution in [0, 0.1) is 23.0 Å². The van der Waals surface area contributed by atoms with Crippen molar-refractivity contribution in [3.63, 3.8) is 0 Å². The van der Waals surface area contributed by atoms with Crippen LogP contribution in [0.25, 0.3) is 5.57 Å². The predicted octanol–water partition coefficient (Wildman–Crippen LogP) is 3.42. The minimum Gasteiger partial charge on any atom is -0.368 e. The number of nitrogens with zero attached hydrogens (tertiary/aromatic N) is 2. The van der Waals surface area contributed by atoms with E-state index >= 15 is 0 Å². The minimum absolute atomic E-state index is 0.260. The summed E-state index contributed by atoms with van der Waals surface area (Å²) in [5.74, 6) is -1.02. The molecular formula is C24H21F2N5O. The van der Waals surface area contributed by atoms with Gasteiger partial charge in [0.2, 0.25) is 0 Å². The fourth-order valence-corrected chi connectivity index (χ4v) is 3.58. The van der Waals surface area contributed by atoms with Crippen molar-refractivity contribution in [2.24, 2.45) is 0 Å². The number of carbonyl (C=O) groups excluding carboxylic acids is 1. The Morgan fingerprint density at radius 2 is 1.97 bits per heavy atom. The summed E-state index contributed by atoms with van der Waals surface area (Å²) in [4.78, 5) is 12.8. The first-order valence-electron chi connectivity index (χ1n) is 10.1. The highest BCUT2D eigenvalue weighted by Crippen LogP contribution is 2.27. The fraction of sp³-hybridized carbons (Fsp3) is 0.167. The lowest BCUT2D eigenvalue weighted by atomic mass is 9.98. The Bertz CT molecular complexity index is 1180. The third kappa shape index (κ3) is 4.62. The van der Waals surface area contributed by atoms with Crippen LogP contribution >= 0.6 is 0 Å². The van der Waals surface area contributed by atoms with Crippen LogP contribution in [0.2, 0.25) is 0 Å². The van der Waals surface area contributed by atoms with Gasteiger partial charge in [-0.3, -0.25) is 10.2 Å². The minimum atomic E-state index is -0.653. The smallest absolute Gasteiger partial charge is 0.270 e. The lowest BCUT2D eigenvalue weighted by molar-refractivity contribution is -0.133. The molecule has 0 fully saturated rings. The number of rotatable bonds is 4. The second-order valence-electron chi connectivity index (χ2n) is 7.57. The molecule has 0 aliphatic carbocycles. The van der Waals surface area contributed by atoms with Gasteiger partial charge in [-0.25, -0.2) is 13.8 Å². The van der Waals surface area contributed by atoms with Gasteiger partial charge in [0.25, 0.3) is 5.91 Å². The van der Waals surface area contributed by atoms with Crippen molar-refractivity contribution < 1.29 is 13.6 Å². The van der Waals surface area contributed by atoms with Gasteiger partial charge >= 0.3 is 0 Å². The van der Waals surface area contributed by atoms with Crippen LogP contribution < -0.4 is 16.1 Å². The number of nitriles is 1. The Hall–Kier alpha value is -4.12. The molecular weight excluding hydrogens is 412 g/mol. The second-order valence-corrected chi connectivity index (χ2v) is 7.57. The molecule has 2 aliphatic heterocycles. The molecule has 1 unspecified atom stereocenters. The summed E-state index contributed by atoms with van der Waals surface area (Å²) in [6.45, 7) is 2.25. The Labute approximate surface area is 184 Å². The van der Waals surface area contributed by atoms with Crippen LogP contribution in [0.15, 0.2) is 72.2 Å². The second kappa shape index (κ2) is 8.94. The van der Waals surface area contributed by atoms with Crippen LogP contribution in [0.4, 0.5) is 8.78 Å². The van der Waals surface area contributed by atoms with E-state index in [0.717, 1.165) is 11.6 Å². The molecule has 2 aromatic carbocycles. The molecule has 1 atom stereocenters. The maximum Gasteiger partial charge on any atom is 0.270 e. The van der Waals surface area contributed by atoms with Crippen molar-refractivity contribution in [3.05, 3.63) is 101 Å². The van der Waals surface area contributed by atoms with Crippen molar-refractivity contribution in [2.75, 3.05) is 0 Å². The van der Waals surface area contributed by atoms with E-state index in [1.165, 1.54) is 23.2 Å². The van der Waals surface area contributed by atoms with Crippen LogP contribution in [-0.2, 0) is 11.3 Å². The average Bonchev–Trinajstić information content (AvgIpc) is 2.76. The van der Waals surface area contributed by atoms with Crippen LogP contribution in [0.5, 0.6) is 0 Å². The molecule has 0 saturated heterocycles. The summed E-state index contributed by atoms with van der Waals surface area (Å²) in [6, 6.07) is 12.7. The van der Waals surface area contributed by atoms with Crippen molar-refractivity contribution in [1.82, 2.24) is 21.1 Å². The van der Waals surface area contributed by atoms with Crippen LogP contribution in [0.1, 0.15) is 30.0 Å². The normalized spacial score (nSPS) is 21.2. The SMILES string of the molecule is C/C1=C/C=C(/c2ccc(F)cc2F)CC2NC(NCc3ccc(C#N)cc3)=CC(=O)N2N1. The van der Waals surface area contributed by atoms with E-state index in [1.807, 2.05) is 12.1 Å². The van der Waals surface area contributed by atoms with Gasteiger partial charge in [-0.15, -0.1) is 0 Å². The zero-order valence-corrected chi connectivity index (χ0v) is 17.3. The molecule has 0 radical (unpaired) electrons. The molecule has 8 heteroatoms. The maximum absolute atomic E-state index is 14.4. The van der Waals surface area contributed by atoms with E-state index in [1.54, 1.807) is 31.2 Å². The first kappa shape index (κ1) is 21.1. The molecule has 0 saturated carbocycles. The lowest BCUT2D eigenvalue weighted by Crippen LogP contribution is -2.58. The molecule has 0 aromatic heterocycles. The van der Waals surface area contributed by atoms with E-state index in [2.05, 4.69) is 22.1 Å². The number of hydrogen-bond donors (Lipinski definition) is 3. The Morgan fingerprint density at radius 1 is 1.19 bits per heavy atom. The third-order valence-electron chi connectivity index (χ3n) is 5.23. The molecule has 0 spiro atoms. The van der Waals surface area contributed by atoms with Gasteiger partial charge in [0.15, 0.2) is 0 Å². The van der Waals surface area contributed by atoms with Crippen LogP contribution in [0.3, 0.4) is 0 Å². The lowest BCUT2D eigenvalue weighted by Gasteiger charge is -2.38. The molecule has 32 heavy (non-hydrogen) atoms. The molecule has 6 nitrogen and oxygen atoms in total. The molecule has 2 aliphatic rings. The molecule has 1 amide bonds. The van der Waals surface area contributed by atoms with Gasteiger partial charge < -0.3 is 10.6 Å². The highest BCUT2D eigenvalue weighted by molar-refractivity contribution is 5.89. The number of carbonyl (C=O) groups is 1. The molecule has 2 heterocycles. The van der Waals surface area contributed by atoms with Crippen molar-refractivity contribution in [3.8, 4) is 6.07 Å². The first-order valence-corrected chi connectivity index (χ1v) is 10.1. The highest BCUT2D eigenvalue weighted by atomic mass is 19.1. The van der Waals surface area contributed by atoms with E-state index in [0.29, 0.717) is 35.6 Å². The fourth-order valence-electron chi connectivity index (χ4n) is 3.58. The van der Waals surface area contributed by atoms with Gasteiger partial charge in [0, 0.05) is 36.4 Å². The monoisotopic (exact) mass is 433 g/mol. The summed E-state index contributed by atoms with van der Waals surface area (Å²) < 4.78 is 27.8. The van der Waals surface area contributed by atoms with E-state index in [-0.39, 0.29) is 11.5 Å². The Balaban J connectivity index is 1.54. The van der Waals surface area contributed by atoms with Gasteiger partial charge in [-0.1, -0.05) is 18.2 Å².